The first-order valence-electron chi connectivity index (χ1n) is 6.83. The van der Waals surface area contributed by atoms with Gasteiger partial charge in [-0.05, 0) is 25.0 Å². The second-order valence-corrected chi connectivity index (χ2v) is 5.41. The molecular weight excluding hydrogens is 240 g/mol. The number of fused-ring (bicyclic) bond motifs is 1. The van der Waals surface area contributed by atoms with Gasteiger partial charge in [-0.1, -0.05) is 31.1 Å². The van der Waals surface area contributed by atoms with Crippen LogP contribution in [-0.4, -0.2) is 22.5 Å². The summed E-state index contributed by atoms with van der Waals surface area (Å²) in [6.45, 7) is 4.71. The van der Waals surface area contributed by atoms with Crippen molar-refractivity contribution in [2.75, 3.05) is 6.54 Å². The SMILES string of the molecule is CC(C)C(=O)N1CCC[C@H]1c1noc2ccccc12. The van der Waals surface area contributed by atoms with E-state index in [0.29, 0.717) is 0 Å². The molecule has 3 rings (SSSR count). The number of nitrogens with zero attached hydrogens (tertiary/aromatic N) is 2. The van der Waals surface area contributed by atoms with E-state index in [1.54, 1.807) is 0 Å². The molecule has 1 aliphatic heterocycles. The minimum Gasteiger partial charge on any atom is -0.356 e. The van der Waals surface area contributed by atoms with Crippen molar-refractivity contribution in [3.63, 3.8) is 0 Å². The van der Waals surface area contributed by atoms with Crippen LogP contribution in [0.4, 0.5) is 0 Å². The number of hydrogen-bond acceptors (Lipinski definition) is 3. The van der Waals surface area contributed by atoms with Crippen molar-refractivity contribution in [3.05, 3.63) is 30.0 Å². The van der Waals surface area contributed by atoms with Gasteiger partial charge in [0.1, 0.15) is 5.69 Å². The van der Waals surface area contributed by atoms with Crippen LogP contribution in [0.15, 0.2) is 28.8 Å². The van der Waals surface area contributed by atoms with Crippen LogP contribution < -0.4 is 0 Å². The van der Waals surface area contributed by atoms with Gasteiger partial charge in [0.2, 0.25) is 5.91 Å². The summed E-state index contributed by atoms with van der Waals surface area (Å²) in [4.78, 5) is 14.2. The molecule has 1 saturated heterocycles. The third-order valence-corrected chi connectivity index (χ3v) is 3.75. The number of rotatable bonds is 2. The molecule has 2 heterocycles. The van der Waals surface area contributed by atoms with Crippen LogP contribution in [0.2, 0.25) is 0 Å². The quantitative estimate of drug-likeness (QED) is 0.831. The third-order valence-electron chi connectivity index (χ3n) is 3.75. The number of carbonyl (C=O) groups is 1. The van der Waals surface area contributed by atoms with Crippen molar-refractivity contribution in [1.29, 1.82) is 0 Å². The molecule has 0 radical (unpaired) electrons. The van der Waals surface area contributed by atoms with Crippen LogP contribution >= 0.6 is 0 Å². The van der Waals surface area contributed by atoms with E-state index in [2.05, 4.69) is 5.16 Å². The van der Waals surface area contributed by atoms with E-state index in [9.17, 15) is 4.79 Å². The molecule has 1 amide bonds. The zero-order chi connectivity index (χ0) is 13.4. The first-order chi connectivity index (χ1) is 9.18. The molecule has 1 fully saturated rings. The molecule has 0 aliphatic carbocycles. The Morgan fingerprint density at radius 2 is 2.21 bits per heavy atom. The van der Waals surface area contributed by atoms with Crippen molar-refractivity contribution in [2.45, 2.75) is 32.7 Å². The maximum Gasteiger partial charge on any atom is 0.225 e. The highest BCUT2D eigenvalue weighted by Crippen LogP contribution is 2.35. The summed E-state index contributed by atoms with van der Waals surface area (Å²) >= 11 is 0. The Morgan fingerprint density at radius 3 is 3.00 bits per heavy atom. The summed E-state index contributed by atoms with van der Waals surface area (Å²) in [7, 11) is 0. The minimum absolute atomic E-state index is 0.0266. The lowest BCUT2D eigenvalue weighted by molar-refractivity contribution is -0.135. The van der Waals surface area contributed by atoms with E-state index in [-0.39, 0.29) is 17.9 Å². The Hall–Kier alpha value is -1.84. The largest absolute Gasteiger partial charge is 0.356 e. The number of likely N-dealkylation sites (tertiary alicyclic amines) is 1. The maximum absolute atomic E-state index is 12.3. The molecule has 0 N–H and O–H groups in total. The molecule has 0 saturated carbocycles. The van der Waals surface area contributed by atoms with Crippen molar-refractivity contribution in [1.82, 2.24) is 10.1 Å². The molecule has 4 heteroatoms. The predicted octanol–water partition coefficient (Wildman–Crippen LogP) is 3.15. The standard InChI is InChI=1S/C15H18N2O2/c1-10(2)15(18)17-9-5-7-12(17)14-11-6-3-4-8-13(11)19-16-14/h3-4,6,8,10,12H,5,7,9H2,1-2H3/t12-/m0/s1. The second-order valence-electron chi connectivity index (χ2n) is 5.41. The van der Waals surface area contributed by atoms with Gasteiger partial charge in [0.25, 0.3) is 0 Å². The van der Waals surface area contributed by atoms with Gasteiger partial charge in [-0.25, -0.2) is 0 Å². The predicted molar refractivity (Wildman–Crippen MR) is 72.5 cm³/mol. The van der Waals surface area contributed by atoms with Crippen LogP contribution in [0.25, 0.3) is 11.0 Å². The lowest BCUT2D eigenvalue weighted by atomic mass is 10.1. The summed E-state index contributed by atoms with van der Waals surface area (Å²) in [6, 6.07) is 7.90. The number of aromatic nitrogens is 1. The third kappa shape index (κ3) is 2.01. The van der Waals surface area contributed by atoms with E-state index in [1.807, 2.05) is 43.0 Å². The average molecular weight is 258 g/mol. The van der Waals surface area contributed by atoms with E-state index >= 15 is 0 Å². The van der Waals surface area contributed by atoms with Crippen molar-refractivity contribution < 1.29 is 9.32 Å². The lowest BCUT2D eigenvalue weighted by Gasteiger charge is -2.25. The first-order valence-corrected chi connectivity index (χ1v) is 6.83. The fourth-order valence-electron chi connectivity index (χ4n) is 2.79. The highest BCUT2D eigenvalue weighted by atomic mass is 16.5. The molecular formula is C15H18N2O2. The van der Waals surface area contributed by atoms with E-state index < -0.39 is 0 Å². The van der Waals surface area contributed by atoms with Gasteiger partial charge in [0.05, 0.1) is 6.04 Å². The molecule has 1 atom stereocenters. The monoisotopic (exact) mass is 258 g/mol. The Bertz CT molecular complexity index is 603. The zero-order valence-electron chi connectivity index (χ0n) is 11.3. The first kappa shape index (κ1) is 12.2. The highest BCUT2D eigenvalue weighted by Gasteiger charge is 2.34. The fourth-order valence-corrected chi connectivity index (χ4v) is 2.79. The van der Waals surface area contributed by atoms with Gasteiger partial charge in [-0.3, -0.25) is 4.79 Å². The topological polar surface area (TPSA) is 46.3 Å². The lowest BCUT2D eigenvalue weighted by Crippen LogP contribution is -2.33. The molecule has 1 aliphatic rings. The highest BCUT2D eigenvalue weighted by molar-refractivity contribution is 5.82. The Kier molecular flexibility index (Phi) is 3.01. The maximum atomic E-state index is 12.3. The van der Waals surface area contributed by atoms with Gasteiger partial charge in [-0.15, -0.1) is 0 Å². The Morgan fingerprint density at radius 1 is 1.42 bits per heavy atom. The van der Waals surface area contributed by atoms with Crippen LogP contribution in [0.1, 0.15) is 38.4 Å². The number of benzene rings is 1. The minimum atomic E-state index is 0.0266. The summed E-state index contributed by atoms with van der Waals surface area (Å²) < 4.78 is 5.36. The van der Waals surface area contributed by atoms with E-state index in [1.165, 1.54) is 0 Å². The normalized spacial score (nSPS) is 19.5. The van der Waals surface area contributed by atoms with Gasteiger partial charge in [0.15, 0.2) is 5.58 Å². The summed E-state index contributed by atoms with van der Waals surface area (Å²) in [5.41, 5.74) is 1.70. The second kappa shape index (κ2) is 4.68. The smallest absolute Gasteiger partial charge is 0.225 e. The van der Waals surface area contributed by atoms with Crippen molar-refractivity contribution in [3.8, 4) is 0 Å². The molecule has 0 spiro atoms. The summed E-state index contributed by atoms with van der Waals surface area (Å²) in [5, 5.41) is 5.22. The number of amides is 1. The number of hydrogen-bond donors (Lipinski definition) is 0. The average Bonchev–Trinajstić information content (AvgIpc) is 3.03. The molecule has 0 bridgehead atoms. The van der Waals surface area contributed by atoms with Crippen LogP contribution in [0.5, 0.6) is 0 Å². The molecule has 1 aromatic heterocycles. The molecule has 1 aromatic carbocycles. The zero-order valence-corrected chi connectivity index (χ0v) is 11.3. The summed E-state index contributed by atoms with van der Waals surface area (Å²) in [5.74, 6) is 0.230. The van der Waals surface area contributed by atoms with Gasteiger partial charge >= 0.3 is 0 Å². The molecule has 19 heavy (non-hydrogen) atoms. The van der Waals surface area contributed by atoms with Gasteiger partial charge in [-0.2, -0.15) is 0 Å². The van der Waals surface area contributed by atoms with E-state index in [0.717, 1.165) is 36.0 Å². The van der Waals surface area contributed by atoms with Crippen molar-refractivity contribution in [2.24, 2.45) is 5.92 Å². The van der Waals surface area contributed by atoms with Gasteiger partial charge < -0.3 is 9.42 Å². The Labute approximate surface area is 112 Å². The van der Waals surface area contributed by atoms with Gasteiger partial charge in [0, 0.05) is 17.8 Å². The molecule has 0 unspecified atom stereocenters. The van der Waals surface area contributed by atoms with Crippen LogP contribution in [-0.2, 0) is 4.79 Å². The van der Waals surface area contributed by atoms with E-state index in [4.69, 9.17) is 4.52 Å². The van der Waals surface area contributed by atoms with Crippen LogP contribution in [0, 0.1) is 5.92 Å². The Balaban J connectivity index is 1.99. The van der Waals surface area contributed by atoms with Crippen LogP contribution in [0.3, 0.4) is 0 Å². The number of para-hydroxylation sites is 1. The molecule has 100 valence electrons. The molecule has 4 nitrogen and oxygen atoms in total. The number of carbonyl (C=O) groups excluding carboxylic acids is 1. The summed E-state index contributed by atoms with van der Waals surface area (Å²) in [6.07, 6.45) is 2.00. The van der Waals surface area contributed by atoms with Crippen molar-refractivity contribution >= 4 is 16.9 Å². The fraction of sp³-hybridized carbons (Fsp3) is 0.467. The molecule has 2 aromatic rings.